The molecule has 3 aromatic rings. The molecule has 1 saturated heterocycles. The summed E-state index contributed by atoms with van der Waals surface area (Å²) in [5.41, 5.74) is 0. The van der Waals surface area contributed by atoms with Gasteiger partial charge in [-0.2, -0.15) is 13.2 Å². The van der Waals surface area contributed by atoms with Gasteiger partial charge in [-0.05, 0) is 19.5 Å². The van der Waals surface area contributed by atoms with E-state index in [9.17, 15) is 18.0 Å². The van der Waals surface area contributed by atoms with Gasteiger partial charge >= 0.3 is 6.18 Å². The van der Waals surface area contributed by atoms with E-state index in [4.69, 9.17) is 0 Å². The molecule has 0 bridgehead atoms. The molecule has 0 spiro atoms. The van der Waals surface area contributed by atoms with Crippen molar-refractivity contribution < 1.29 is 18.0 Å². The molecular formula is C21H25F3N8OS. The number of carbonyl (C=O) groups is 1. The number of anilines is 1. The Morgan fingerprint density at radius 3 is 2.56 bits per heavy atom. The molecule has 0 atom stereocenters. The van der Waals surface area contributed by atoms with Crippen LogP contribution in [0.25, 0.3) is 10.2 Å². The number of piperazine rings is 1. The van der Waals surface area contributed by atoms with Gasteiger partial charge in [-0.15, -0.1) is 21.5 Å². The highest BCUT2D eigenvalue weighted by molar-refractivity contribution is 7.18. The second-order valence-electron chi connectivity index (χ2n) is 8.66. The number of aromatic nitrogens is 5. The lowest BCUT2D eigenvalue weighted by Crippen LogP contribution is -2.47. The Morgan fingerprint density at radius 2 is 1.85 bits per heavy atom. The van der Waals surface area contributed by atoms with Gasteiger partial charge in [0.1, 0.15) is 10.6 Å². The highest BCUT2D eigenvalue weighted by atomic mass is 32.1. The predicted octanol–water partition coefficient (Wildman–Crippen LogP) is 2.66. The molecule has 5 rings (SSSR count). The average Bonchev–Trinajstić information content (AvgIpc) is 3.41. The number of amides is 1. The highest BCUT2D eigenvalue weighted by Gasteiger charge is 2.40. The van der Waals surface area contributed by atoms with E-state index in [1.54, 1.807) is 4.90 Å². The van der Waals surface area contributed by atoms with E-state index >= 15 is 0 Å². The van der Waals surface area contributed by atoms with Crippen LogP contribution >= 0.6 is 11.3 Å². The Labute approximate surface area is 198 Å². The summed E-state index contributed by atoms with van der Waals surface area (Å²) in [7, 11) is 2.02. The highest BCUT2D eigenvalue weighted by Crippen LogP contribution is 2.35. The Hall–Kier alpha value is -2.80. The topological polar surface area (TPSA) is 83.3 Å². The van der Waals surface area contributed by atoms with E-state index in [1.165, 1.54) is 11.3 Å². The summed E-state index contributed by atoms with van der Waals surface area (Å²) < 4.78 is 40.9. The van der Waals surface area contributed by atoms with Crippen LogP contribution < -0.4 is 4.90 Å². The first-order valence-corrected chi connectivity index (χ1v) is 12.1. The zero-order valence-electron chi connectivity index (χ0n) is 19.0. The first-order chi connectivity index (χ1) is 16.2. The maximum Gasteiger partial charge on any atom is 0.451 e. The van der Waals surface area contributed by atoms with Gasteiger partial charge in [0.15, 0.2) is 5.82 Å². The fourth-order valence-electron chi connectivity index (χ4n) is 4.36. The quantitative estimate of drug-likeness (QED) is 0.552. The van der Waals surface area contributed by atoms with Gasteiger partial charge in [-0.3, -0.25) is 4.79 Å². The molecule has 3 aromatic heterocycles. The van der Waals surface area contributed by atoms with Gasteiger partial charge in [-0.1, -0.05) is 13.3 Å². The molecule has 9 nitrogen and oxygen atoms in total. The van der Waals surface area contributed by atoms with Crippen molar-refractivity contribution in [1.29, 1.82) is 0 Å². The number of nitrogens with zero attached hydrogens (tertiary/aromatic N) is 8. The number of alkyl halides is 3. The van der Waals surface area contributed by atoms with E-state index in [-0.39, 0.29) is 30.6 Å². The summed E-state index contributed by atoms with van der Waals surface area (Å²) in [4.78, 5) is 30.2. The number of rotatable bonds is 4. The second kappa shape index (κ2) is 8.77. The minimum absolute atomic E-state index is 0.0797. The van der Waals surface area contributed by atoms with Gasteiger partial charge in [0.25, 0.3) is 5.91 Å². The van der Waals surface area contributed by atoms with Crippen molar-refractivity contribution in [3.05, 3.63) is 28.4 Å². The van der Waals surface area contributed by atoms with E-state index in [2.05, 4.69) is 32.0 Å². The lowest BCUT2D eigenvalue weighted by molar-refractivity contribution is -0.147. The van der Waals surface area contributed by atoms with Crippen LogP contribution in [-0.4, -0.2) is 80.2 Å². The van der Waals surface area contributed by atoms with Gasteiger partial charge < -0.3 is 19.3 Å². The summed E-state index contributed by atoms with van der Waals surface area (Å²) >= 11 is 1.53. The number of hydrogen-bond acceptors (Lipinski definition) is 8. The van der Waals surface area contributed by atoms with Crippen LogP contribution in [0.3, 0.4) is 0 Å². The van der Waals surface area contributed by atoms with Crippen LogP contribution in [0.5, 0.6) is 0 Å². The van der Waals surface area contributed by atoms with Crippen molar-refractivity contribution in [2.75, 3.05) is 44.7 Å². The first-order valence-electron chi connectivity index (χ1n) is 11.3. The molecule has 2 aliphatic heterocycles. The number of hydrogen-bond donors (Lipinski definition) is 0. The zero-order valence-corrected chi connectivity index (χ0v) is 19.8. The molecule has 34 heavy (non-hydrogen) atoms. The number of halogens is 3. The normalized spacial score (nSPS) is 17.4. The van der Waals surface area contributed by atoms with Gasteiger partial charge in [0.05, 0.1) is 11.9 Å². The van der Waals surface area contributed by atoms with E-state index in [1.807, 2.05) is 18.0 Å². The molecule has 5 heterocycles. The third-order valence-corrected chi connectivity index (χ3v) is 7.30. The van der Waals surface area contributed by atoms with Crippen molar-refractivity contribution in [2.45, 2.75) is 39.0 Å². The molecule has 0 radical (unpaired) electrons. The van der Waals surface area contributed by atoms with Crippen LogP contribution in [0.1, 0.15) is 40.5 Å². The third kappa shape index (κ3) is 4.22. The second-order valence-corrected chi connectivity index (χ2v) is 9.77. The maximum atomic E-state index is 13.3. The number of fused-ring (bicyclic) bond motifs is 2. The smallest absolute Gasteiger partial charge is 0.347 e. The van der Waals surface area contributed by atoms with Gasteiger partial charge in [0, 0.05) is 44.1 Å². The summed E-state index contributed by atoms with van der Waals surface area (Å²) in [5, 5.41) is 7.96. The van der Waals surface area contributed by atoms with Crippen LogP contribution in [-0.2, 0) is 25.7 Å². The molecule has 0 N–H and O–H groups in total. The molecule has 0 aromatic carbocycles. The minimum Gasteiger partial charge on any atom is -0.347 e. The third-order valence-electron chi connectivity index (χ3n) is 6.21. The standard InChI is InChI=1S/C21H25F3N8OS/c1-3-4-13-11-14-17(31-9-10-32-15(12-31)27-28-20(32)21(22,23)24)25-16(26-18(14)34-13)19(33)30-7-5-29(2)6-8-30/h11H,3-10,12H2,1-2H3. The minimum atomic E-state index is -4.56. The lowest BCUT2D eigenvalue weighted by Gasteiger charge is -2.32. The van der Waals surface area contributed by atoms with E-state index in [0.29, 0.717) is 30.3 Å². The van der Waals surface area contributed by atoms with Crippen molar-refractivity contribution >= 4 is 33.3 Å². The fraction of sp³-hybridized carbons (Fsp3) is 0.571. The van der Waals surface area contributed by atoms with Crippen LogP contribution in [0.4, 0.5) is 19.0 Å². The number of likely N-dealkylation sites (N-methyl/N-ethyl adjacent to an activating group) is 1. The molecule has 13 heteroatoms. The van der Waals surface area contributed by atoms with Gasteiger partial charge in [0.2, 0.25) is 11.6 Å². The molecule has 0 aliphatic carbocycles. The van der Waals surface area contributed by atoms with E-state index < -0.39 is 12.0 Å². The van der Waals surface area contributed by atoms with Crippen molar-refractivity contribution in [1.82, 2.24) is 34.5 Å². The Kier molecular flexibility index (Phi) is 5.92. The summed E-state index contributed by atoms with van der Waals surface area (Å²) in [5.74, 6) is -0.298. The number of aryl methyl sites for hydroxylation is 1. The Morgan fingerprint density at radius 1 is 1.09 bits per heavy atom. The first kappa shape index (κ1) is 23.0. The molecular weight excluding hydrogens is 469 g/mol. The SMILES string of the molecule is CCCc1cc2c(N3CCn4c(nnc4C(F)(F)F)C3)nc(C(=O)N3CCN(C)CC3)nc2s1. The number of thiophene rings is 1. The van der Waals surface area contributed by atoms with Crippen molar-refractivity contribution in [2.24, 2.45) is 0 Å². The van der Waals surface area contributed by atoms with Crippen LogP contribution in [0.15, 0.2) is 6.07 Å². The van der Waals surface area contributed by atoms with Crippen molar-refractivity contribution in [3.8, 4) is 0 Å². The maximum absolute atomic E-state index is 13.3. The van der Waals surface area contributed by atoms with Crippen LogP contribution in [0.2, 0.25) is 0 Å². The fourth-order valence-corrected chi connectivity index (χ4v) is 5.49. The molecule has 0 saturated carbocycles. The molecule has 1 fully saturated rings. The van der Waals surface area contributed by atoms with E-state index in [0.717, 1.165) is 40.8 Å². The van der Waals surface area contributed by atoms with Gasteiger partial charge in [-0.25, -0.2) is 9.97 Å². The van der Waals surface area contributed by atoms with Crippen molar-refractivity contribution in [3.63, 3.8) is 0 Å². The monoisotopic (exact) mass is 494 g/mol. The predicted molar refractivity (Wildman–Crippen MR) is 121 cm³/mol. The summed E-state index contributed by atoms with van der Waals surface area (Å²) in [6, 6.07) is 2.03. The molecule has 182 valence electrons. The Bertz CT molecular complexity index is 1210. The molecule has 0 unspecified atom stereocenters. The largest absolute Gasteiger partial charge is 0.451 e. The van der Waals surface area contributed by atoms with Crippen LogP contribution in [0, 0.1) is 0 Å². The average molecular weight is 495 g/mol. The summed E-state index contributed by atoms with van der Waals surface area (Å²) in [6.07, 6.45) is -2.71. The zero-order chi connectivity index (χ0) is 24.0. The Balaban J connectivity index is 1.51. The lowest BCUT2D eigenvalue weighted by atomic mass is 10.2. The molecule has 1 amide bonds. The molecule has 2 aliphatic rings. The number of carbonyl (C=O) groups excluding carboxylic acids is 1. The summed E-state index contributed by atoms with van der Waals surface area (Å²) in [6.45, 7) is 5.35.